The number of halogens is 2. The van der Waals surface area contributed by atoms with Crippen molar-refractivity contribution in [1.29, 1.82) is 0 Å². The molecule has 6 aromatic rings. The van der Waals surface area contributed by atoms with Gasteiger partial charge >= 0.3 is 0 Å². The highest BCUT2D eigenvalue weighted by Gasteiger charge is 2.35. The molecular formula is C48H50F2N4O11. The van der Waals surface area contributed by atoms with Gasteiger partial charge in [-0.3, -0.25) is 47.9 Å². The number of hydrogen-bond donors (Lipinski definition) is 3. The molecule has 2 aliphatic heterocycles. The summed E-state index contributed by atoms with van der Waals surface area (Å²) in [6.07, 6.45) is 2.12. The molecule has 0 aliphatic carbocycles. The molecule has 65 heavy (non-hydrogen) atoms. The molecule has 0 amide bonds. The highest BCUT2D eigenvalue weighted by molar-refractivity contribution is 6.04. The van der Waals surface area contributed by atoms with Crippen LogP contribution in [0.5, 0.6) is 23.0 Å². The van der Waals surface area contributed by atoms with Crippen LogP contribution < -0.4 is 20.6 Å². The number of aromatic hydroxyl groups is 2. The zero-order valence-corrected chi connectivity index (χ0v) is 34.4. The van der Waals surface area contributed by atoms with Gasteiger partial charge in [-0.1, -0.05) is 53.0 Å². The first-order chi connectivity index (χ1) is 30.2. The summed E-state index contributed by atoms with van der Waals surface area (Å²) in [6, 6.07) is 11.8. The Hall–Kier alpha value is -7.14. The highest BCUT2D eigenvalue weighted by Crippen LogP contribution is 2.40. The van der Waals surface area contributed by atoms with Crippen molar-refractivity contribution in [2.45, 2.75) is 99.4 Å². The predicted molar refractivity (Wildman–Crippen MR) is 237 cm³/mol. The number of pyridine rings is 4. The van der Waals surface area contributed by atoms with Gasteiger partial charge in [0.25, 0.3) is 11.1 Å². The number of nitrogens with zero attached hydrogens (tertiary/aromatic N) is 4. The van der Waals surface area contributed by atoms with E-state index in [9.17, 15) is 47.8 Å². The first-order valence-corrected chi connectivity index (χ1v) is 20.2. The first kappa shape index (κ1) is 48.9. The number of aliphatic hydroxyl groups excluding tert-OH is 1. The van der Waals surface area contributed by atoms with Gasteiger partial charge in [-0.25, -0.2) is 8.78 Å². The summed E-state index contributed by atoms with van der Waals surface area (Å²) in [5.41, 5.74) is 0.979. The summed E-state index contributed by atoms with van der Waals surface area (Å²) in [5.74, 6) is -2.92. The first-order valence-electron chi connectivity index (χ1n) is 20.2. The Bertz CT molecular complexity index is 2950. The second-order valence-electron chi connectivity index (χ2n) is 15.2. The molecule has 4 aromatic heterocycles. The van der Waals surface area contributed by atoms with Gasteiger partial charge in [-0.15, -0.1) is 0 Å². The molecule has 2 aliphatic rings. The molecule has 0 unspecified atom stereocenters. The van der Waals surface area contributed by atoms with E-state index in [2.05, 4.69) is 9.97 Å². The molecular weight excluding hydrogens is 847 g/mol. The maximum Gasteiger partial charge on any atom is 0.266 e. The molecule has 15 nitrogen and oxygen atoms in total. The lowest BCUT2D eigenvalue weighted by Crippen LogP contribution is -2.41. The number of aliphatic hydroxyl groups is 1. The molecule has 0 spiro atoms. The fraction of sp³-hybridized carbons (Fsp3) is 0.333. The Morgan fingerprint density at radius 1 is 0.692 bits per heavy atom. The Morgan fingerprint density at radius 3 is 1.48 bits per heavy atom. The largest absolute Gasteiger partial charge is 0.505 e. The number of carbonyl (C=O) groups is 4. The van der Waals surface area contributed by atoms with Crippen LogP contribution in [0, 0.1) is 11.6 Å². The number of rotatable bonds is 13. The summed E-state index contributed by atoms with van der Waals surface area (Å²) in [6.45, 7) is 4.15. The molecule has 0 radical (unpaired) electrons. The van der Waals surface area contributed by atoms with E-state index in [-0.39, 0.29) is 129 Å². The predicted octanol–water partition coefficient (Wildman–Crippen LogP) is 6.57. The van der Waals surface area contributed by atoms with Crippen LogP contribution in [0.15, 0.2) is 70.5 Å². The number of ketones is 4. The van der Waals surface area contributed by atoms with E-state index in [0.29, 0.717) is 17.5 Å². The van der Waals surface area contributed by atoms with E-state index >= 15 is 0 Å². The summed E-state index contributed by atoms with van der Waals surface area (Å²) in [7, 11) is 0. The van der Waals surface area contributed by atoms with Crippen molar-refractivity contribution in [3.63, 3.8) is 0 Å². The van der Waals surface area contributed by atoms with Crippen molar-refractivity contribution < 1.29 is 52.8 Å². The fourth-order valence-corrected chi connectivity index (χ4v) is 7.73. The Morgan fingerprint density at radius 2 is 1.09 bits per heavy atom. The van der Waals surface area contributed by atoms with Crippen LogP contribution >= 0.6 is 0 Å². The second kappa shape index (κ2) is 20.1. The molecule has 342 valence electrons. The molecule has 2 atom stereocenters. The van der Waals surface area contributed by atoms with Crippen LogP contribution in [0.25, 0.3) is 22.1 Å². The van der Waals surface area contributed by atoms with Crippen molar-refractivity contribution >= 4 is 45.2 Å². The summed E-state index contributed by atoms with van der Waals surface area (Å²) in [5, 5.41) is 30.3. The number of ether oxygens (including phenoxy) is 2. The summed E-state index contributed by atoms with van der Waals surface area (Å²) < 4.78 is 41.1. The minimum atomic E-state index is -0.942. The van der Waals surface area contributed by atoms with Gasteiger partial charge in [0.05, 0.1) is 13.1 Å². The standard InChI is InChI=1S/C24H23FN2O6.C22H19FN2O5.2CH4/c1-2-16(29)18-12-27-21-20(22(31)19(24(27)32)17(30)4-3-9-28)26-11-14(23(21)33-18)10-13-5-7-15(25)8-6-13;1-3-15(27)16-10-25-19-18(20(28)17(11(2)26)22(25)29)24-9-13(21(19)30-16)8-12-4-6-14(23)7-5-12;;/h5-8,11,18,28,31H,2-4,9-10,12H2,1H3;4-7,9,16,28H,3,8,10H2,1-2H3;2*1H4/t18-;16-;;/m00../s1. The number of benzene rings is 2. The molecule has 17 heteroatoms. The van der Waals surface area contributed by atoms with E-state index in [0.717, 1.165) is 11.1 Å². The SMILES string of the molecule is C.C.CCC(=O)[C@@H]1Cn2c(=O)c(C(=O)CCCO)c(O)c3ncc(Cc4ccc(F)cc4)c(c32)O1.CCC(=O)[C@@H]1Cn2c(=O)c(C(C)=O)c(O)c3ncc(Cc4ccc(F)cc4)c(c32)O1. The third-order valence-corrected chi connectivity index (χ3v) is 11.0. The molecule has 2 aromatic carbocycles. The lowest BCUT2D eigenvalue weighted by Gasteiger charge is -2.29. The van der Waals surface area contributed by atoms with Gasteiger partial charge in [0.15, 0.2) is 58.3 Å². The third kappa shape index (κ3) is 9.41. The van der Waals surface area contributed by atoms with Gasteiger partial charge in [0.1, 0.15) is 44.8 Å². The van der Waals surface area contributed by atoms with Crippen molar-refractivity contribution in [3.8, 4) is 23.0 Å². The quantitative estimate of drug-likeness (QED) is 0.105. The average Bonchev–Trinajstić information content (AvgIpc) is 3.28. The molecule has 0 saturated heterocycles. The van der Waals surface area contributed by atoms with E-state index in [4.69, 9.17) is 14.6 Å². The van der Waals surface area contributed by atoms with E-state index < -0.39 is 52.0 Å². The summed E-state index contributed by atoms with van der Waals surface area (Å²) in [4.78, 5) is 84.3. The number of aromatic nitrogens is 4. The second-order valence-corrected chi connectivity index (χ2v) is 15.2. The average molecular weight is 897 g/mol. The maximum atomic E-state index is 13.3. The van der Waals surface area contributed by atoms with Crippen molar-refractivity contribution in [3.05, 3.63) is 127 Å². The van der Waals surface area contributed by atoms with E-state index in [1.807, 2.05) is 0 Å². The van der Waals surface area contributed by atoms with Gasteiger partial charge < -0.3 is 24.8 Å². The molecule has 6 heterocycles. The number of carbonyl (C=O) groups excluding carboxylic acids is 4. The van der Waals surface area contributed by atoms with E-state index in [1.54, 1.807) is 38.1 Å². The van der Waals surface area contributed by atoms with Crippen molar-refractivity contribution in [2.75, 3.05) is 6.61 Å². The Balaban J connectivity index is 0.000000238. The molecule has 0 bridgehead atoms. The van der Waals surface area contributed by atoms with Gasteiger partial charge in [0, 0.05) is 62.2 Å². The molecule has 0 saturated carbocycles. The van der Waals surface area contributed by atoms with Crippen LogP contribution in [0.2, 0.25) is 0 Å². The monoisotopic (exact) mass is 896 g/mol. The normalized spacial score (nSPS) is 14.5. The minimum Gasteiger partial charge on any atom is -0.505 e. The highest BCUT2D eigenvalue weighted by atomic mass is 19.1. The van der Waals surface area contributed by atoms with Crippen LogP contribution in [0.4, 0.5) is 8.78 Å². The smallest absolute Gasteiger partial charge is 0.266 e. The lowest BCUT2D eigenvalue weighted by atomic mass is 10.0. The van der Waals surface area contributed by atoms with Crippen LogP contribution in [0.3, 0.4) is 0 Å². The van der Waals surface area contributed by atoms with Crippen LogP contribution in [0.1, 0.15) is 104 Å². The van der Waals surface area contributed by atoms with Crippen molar-refractivity contribution in [1.82, 2.24) is 19.1 Å². The number of hydrogen-bond acceptors (Lipinski definition) is 13. The van der Waals surface area contributed by atoms with Gasteiger partial charge in [-0.05, 0) is 48.7 Å². The van der Waals surface area contributed by atoms with E-state index in [1.165, 1.54) is 52.7 Å². The Labute approximate surface area is 371 Å². The van der Waals surface area contributed by atoms with Crippen LogP contribution in [-0.2, 0) is 35.5 Å². The maximum absolute atomic E-state index is 13.3. The van der Waals surface area contributed by atoms with Crippen LogP contribution in [-0.4, -0.2) is 76.4 Å². The minimum absolute atomic E-state index is 0. The molecule has 8 rings (SSSR count). The topological polar surface area (TPSA) is 217 Å². The third-order valence-electron chi connectivity index (χ3n) is 11.0. The van der Waals surface area contributed by atoms with Crippen molar-refractivity contribution in [2.24, 2.45) is 0 Å². The lowest BCUT2D eigenvalue weighted by molar-refractivity contribution is -0.127. The molecule has 3 N–H and O–H groups in total. The molecule has 0 fully saturated rings. The summed E-state index contributed by atoms with van der Waals surface area (Å²) >= 11 is 0. The Kier molecular flexibility index (Phi) is 15.1. The zero-order chi connectivity index (χ0) is 45.3. The number of Topliss-reactive ketones (excluding diaryl/α,β-unsaturated/α-hetero) is 4. The zero-order valence-electron chi connectivity index (χ0n) is 34.4. The fourth-order valence-electron chi connectivity index (χ4n) is 7.73. The van der Waals surface area contributed by atoms with Gasteiger partial charge in [0.2, 0.25) is 0 Å². The van der Waals surface area contributed by atoms with Gasteiger partial charge in [-0.2, -0.15) is 0 Å².